The van der Waals surface area contributed by atoms with Crippen molar-refractivity contribution in [3.05, 3.63) is 35.6 Å². The number of hydrogen-bond donors (Lipinski definition) is 2. The molecule has 0 saturated carbocycles. The fourth-order valence-corrected chi connectivity index (χ4v) is 1.71. The Hall–Kier alpha value is -1.32. The first kappa shape index (κ1) is 11.2. The van der Waals surface area contributed by atoms with Crippen molar-refractivity contribution in [3.63, 3.8) is 0 Å². The quantitative estimate of drug-likeness (QED) is 0.817. The van der Waals surface area contributed by atoms with E-state index in [0.29, 0.717) is 5.76 Å². The SMILES string of the molecule is Cc1cccc2cc(C(O)C(C)(C)O)oc12. The van der Waals surface area contributed by atoms with Gasteiger partial charge in [-0.05, 0) is 32.4 Å². The van der Waals surface area contributed by atoms with Crippen LogP contribution in [0.2, 0.25) is 0 Å². The Morgan fingerprint density at radius 1 is 1.31 bits per heavy atom. The third kappa shape index (κ3) is 1.84. The van der Waals surface area contributed by atoms with E-state index in [4.69, 9.17) is 4.42 Å². The predicted molar refractivity (Wildman–Crippen MR) is 62.2 cm³/mol. The summed E-state index contributed by atoms with van der Waals surface area (Å²) < 4.78 is 5.58. The first-order chi connectivity index (χ1) is 7.39. The maximum absolute atomic E-state index is 9.91. The summed E-state index contributed by atoms with van der Waals surface area (Å²) in [7, 11) is 0. The number of aliphatic hydroxyl groups excluding tert-OH is 1. The number of fused-ring (bicyclic) bond motifs is 1. The van der Waals surface area contributed by atoms with Gasteiger partial charge >= 0.3 is 0 Å². The van der Waals surface area contributed by atoms with Crippen molar-refractivity contribution in [3.8, 4) is 0 Å². The minimum Gasteiger partial charge on any atom is -0.458 e. The number of para-hydroxylation sites is 1. The summed E-state index contributed by atoms with van der Waals surface area (Å²) in [5.41, 5.74) is 0.578. The molecule has 0 bridgehead atoms. The van der Waals surface area contributed by atoms with Crippen LogP contribution in [-0.4, -0.2) is 15.8 Å². The summed E-state index contributed by atoms with van der Waals surface area (Å²) in [6.07, 6.45) is -1.01. The standard InChI is InChI=1S/C13H16O3/c1-8-5-4-6-9-7-10(16-11(8)9)12(14)13(2,3)15/h4-7,12,14-15H,1-3H3. The first-order valence-electron chi connectivity index (χ1n) is 5.29. The third-order valence-corrected chi connectivity index (χ3v) is 2.70. The van der Waals surface area contributed by atoms with Gasteiger partial charge in [0.05, 0.1) is 5.60 Å². The molecule has 3 nitrogen and oxygen atoms in total. The van der Waals surface area contributed by atoms with Crippen LogP contribution in [0.3, 0.4) is 0 Å². The van der Waals surface area contributed by atoms with Crippen molar-refractivity contribution in [2.75, 3.05) is 0 Å². The zero-order valence-electron chi connectivity index (χ0n) is 9.69. The lowest BCUT2D eigenvalue weighted by molar-refractivity contribution is -0.0588. The largest absolute Gasteiger partial charge is 0.458 e. The highest BCUT2D eigenvalue weighted by Gasteiger charge is 2.29. The topological polar surface area (TPSA) is 53.6 Å². The predicted octanol–water partition coefficient (Wildman–Crippen LogP) is 2.55. The summed E-state index contributed by atoms with van der Waals surface area (Å²) >= 11 is 0. The monoisotopic (exact) mass is 220 g/mol. The lowest BCUT2D eigenvalue weighted by Gasteiger charge is -2.22. The lowest BCUT2D eigenvalue weighted by Crippen LogP contribution is -2.28. The van der Waals surface area contributed by atoms with Crippen molar-refractivity contribution in [2.45, 2.75) is 32.5 Å². The molecule has 1 aromatic heterocycles. The van der Waals surface area contributed by atoms with Gasteiger partial charge in [-0.2, -0.15) is 0 Å². The van der Waals surface area contributed by atoms with Crippen LogP contribution in [0.25, 0.3) is 11.0 Å². The molecule has 0 radical (unpaired) electrons. The van der Waals surface area contributed by atoms with Crippen molar-refractivity contribution in [2.24, 2.45) is 0 Å². The summed E-state index contributed by atoms with van der Waals surface area (Å²) in [6, 6.07) is 7.58. The fourth-order valence-electron chi connectivity index (χ4n) is 1.71. The fraction of sp³-hybridized carbons (Fsp3) is 0.385. The number of rotatable bonds is 2. The van der Waals surface area contributed by atoms with E-state index in [1.54, 1.807) is 19.9 Å². The Morgan fingerprint density at radius 3 is 2.56 bits per heavy atom. The molecule has 1 heterocycles. The van der Waals surface area contributed by atoms with Gasteiger partial charge in [-0.25, -0.2) is 0 Å². The van der Waals surface area contributed by atoms with Gasteiger partial charge in [0.1, 0.15) is 17.4 Å². The second-order valence-corrected chi connectivity index (χ2v) is 4.70. The smallest absolute Gasteiger partial charge is 0.140 e. The summed E-state index contributed by atoms with van der Waals surface area (Å²) in [5.74, 6) is 0.400. The molecule has 86 valence electrons. The Bertz CT molecular complexity index is 505. The average molecular weight is 220 g/mol. The van der Waals surface area contributed by atoms with E-state index < -0.39 is 11.7 Å². The van der Waals surface area contributed by atoms with Gasteiger partial charge in [0.25, 0.3) is 0 Å². The third-order valence-electron chi connectivity index (χ3n) is 2.70. The number of hydrogen-bond acceptors (Lipinski definition) is 3. The maximum atomic E-state index is 9.91. The second kappa shape index (κ2) is 3.61. The molecule has 1 aromatic carbocycles. The molecular formula is C13H16O3. The van der Waals surface area contributed by atoms with E-state index in [1.165, 1.54) is 0 Å². The van der Waals surface area contributed by atoms with Crippen LogP contribution in [0.5, 0.6) is 0 Å². The Balaban J connectivity index is 2.52. The van der Waals surface area contributed by atoms with E-state index in [9.17, 15) is 10.2 Å². The molecule has 1 unspecified atom stereocenters. The molecule has 0 aliphatic carbocycles. The Labute approximate surface area is 94.3 Å². The van der Waals surface area contributed by atoms with Crippen molar-refractivity contribution < 1.29 is 14.6 Å². The number of furan rings is 1. The number of aryl methyl sites for hydroxylation is 1. The number of aliphatic hydroxyl groups is 2. The molecule has 2 aromatic rings. The van der Waals surface area contributed by atoms with Gasteiger partial charge in [0.15, 0.2) is 0 Å². The molecule has 0 fully saturated rings. The van der Waals surface area contributed by atoms with Gasteiger partial charge in [0.2, 0.25) is 0 Å². The van der Waals surface area contributed by atoms with Crippen molar-refractivity contribution in [1.29, 1.82) is 0 Å². The van der Waals surface area contributed by atoms with Crippen LogP contribution in [-0.2, 0) is 0 Å². The summed E-state index contributed by atoms with van der Waals surface area (Å²) in [4.78, 5) is 0. The molecule has 1 atom stereocenters. The molecule has 0 aliphatic rings. The minimum atomic E-state index is -1.21. The normalized spacial score (nSPS) is 14.3. The molecule has 2 N–H and O–H groups in total. The Morgan fingerprint density at radius 2 is 2.00 bits per heavy atom. The Kier molecular flexibility index (Phi) is 2.52. The van der Waals surface area contributed by atoms with Crippen LogP contribution in [0.1, 0.15) is 31.3 Å². The van der Waals surface area contributed by atoms with Crippen LogP contribution >= 0.6 is 0 Å². The van der Waals surface area contributed by atoms with Crippen LogP contribution in [0.4, 0.5) is 0 Å². The van der Waals surface area contributed by atoms with E-state index in [1.807, 2.05) is 25.1 Å². The molecule has 2 rings (SSSR count). The van der Waals surface area contributed by atoms with Gasteiger partial charge in [0, 0.05) is 5.39 Å². The van der Waals surface area contributed by atoms with Crippen molar-refractivity contribution >= 4 is 11.0 Å². The summed E-state index contributed by atoms with van der Waals surface area (Å²) in [5, 5.41) is 20.6. The van der Waals surface area contributed by atoms with Crippen LogP contribution < -0.4 is 0 Å². The molecular weight excluding hydrogens is 204 g/mol. The van der Waals surface area contributed by atoms with E-state index in [-0.39, 0.29) is 0 Å². The minimum absolute atomic E-state index is 0.400. The average Bonchev–Trinajstić information content (AvgIpc) is 2.60. The van der Waals surface area contributed by atoms with E-state index >= 15 is 0 Å². The lowest BCUT2D eigenvalue weighted by atomic mass is 10.00. The zero-order valence-corrected chi connectivity index (χ0v) is 9.69. The van der Waals surface area contributed by atoms with Crippen molar-refractivity contribution in [1.82, 2.24) is 0 Å². The van der Waals surface area contributed by atoms with E-state index in [0.717, 1.165) is 16.5 Å². The molecule has 0 aliphatic heterocycles. The highest BCUT2D eigenvalue weighted by Crippen LogP contribution is 2.31. The van der Waals surface area contributed by atoms with Gasteiger partial charge in [-0.3, -0.25) is 0 Å². The molecule has 3 heteroatoms. The second-order valence-electron chi connectivity index (χ2n) is 4.70. The van der Waals surface area contributed by atoms with E-state index in [2.05, 4.69) is 0 Å². The van der Waals surface area contributed by atoms with Crippen LogP contribution in [0, 0.1) is 6.92 Å². The molecule has 16 heavy (non-hydrogen) atoms. The highest BCUT2D eigenvalue weighted by atomic mass is 16.4. The van der Waals surface area contributed by atoms with Gasteiger partial charge in [-0.15, -0.1) is 0 Å². The highest BCUT2D eigenvalue weighted by molar-refractivity contribution is 5.80. The molecule has 0 amide bonds. The molecule has 0 spiro atoms. The summed E-state index contributed by atoms with van der Waals surface area (Å²) in [6.45, 7) is 5.06. The number of benzene rings is 1. The maximum Gasteiger partial charge on any atom is 0.140 e. The van der Waals surface area contributed by atoms with Gasteiger partial charge in [-0.1, -0.05) is 18.2 Å². The zero-order chi connectivity index (χ0) is 11.9. The van der Waals surface area contributed by atoms with Crippen LogP contribution in [0.15, 0.2) is 28.7 Å². The first-order valence-corrected chi connectivity index (χ1v) is 5.29. The molecule has 0 saturated heterocycles. The van der Waals surface area contributed by atoms with Gasteiger partial charge < -0.3 is 14.6 Å².